The molecule has 1 aliphatic heterocycles. The number of alkyl halides is 3. The molecule has 0 radical (unpaired) electrons. The molecule has 1 amide bonds. The molecule has 9 nitrogen and oxygen atoms in total. The highest BCUT2D eigenvalue weighted by Gasteiger charge is 2.72. The van der Waals surface area contributed by atoms with Crippen LogP contribution in [0, 0.1) is 23.7 Å². The van der Waals surface area contributed by atoms with Gasteiger partial charge in [-0.25, -0.2) is 0 Å². The van der Waals surface area contributed by atoms with Crippen molar-refractivity contribution >= 4 is 28.0 Å². The molecule has 176 valence electrons. The summed E-state index contributed by atoms with van der Waals surface area (Å²) in [5.41, 5.74) is -3.52. The van der Waals surface area contributed by atoms with Gasteiger partial charge < -0.3 is 14.4 Å². The molecule has 3 aliphatic rings. The molecule has 13 heteroatoms. The van der Waals surface area contributed by atoms with Crippen molar-refractivity contribution in [3.63, 3.8) is 0 Å². The van der Waals surface area contributed by atoms with Crippen molar-refractivity contribution < 1.29 is 50.0 Å². The van der Waals surface area contributed by atoms with Crippen molar-refractivity contribution in [2.45, 2.75) is 64.1 Å². The molecule has 1 heterocycles. The summed E-state index contributed by atoms with van der Waals surface area (Å²) in [6.45, 7) is 4.97. The standard InChI is InChI=1S/C18H24F3NO8S/c1-7(2)22-13-9-5-10(14(13)29-8(3)23)12(11(9)15(22)24)16(25)30-17(4,18(19,20)21)6-31(26,27)28/h7,9-14H,5-6H2,1-4H3,(H,26,27,28). The predicted octanol–water partition coefficient (Wildman–Crippen LogP) is 1.17. The lowest BCUT2D eigenvalue weighted by Gasteiger charge is -2.36. The number of likely N-dealkylation sites (tertiary alicyclic amines) is 1. The third kappa shape index (κ3) is 3.90. The van der Waals surface area contributed by atoms with Crippen LogP contribution >= 0.6 is 0 Å². The zero-order valence-corrected chi connectivity index (χ0v) is 18.1. The summed E-state index contributed by atoms with van der Waals surface area (Å²) in [6.07, 6.45) is -5.91. The average Bonchev–Trinajstić information content (AvgIpc) is 3.13. The highest BCUT2D eigenvalue weighted by molar-refractivity contribution is 7.85. The zero-order valence-electron chi connectivity index (χ0n) is 17.2. The molecule has 3 fully saturated rings. The van der Waals surface area contributed by atoms with Gasteiger partial charge in [-0.2, -0.15) is 21.6 Å². The third-order valence-electron chi connectivity index (χ3n) is 6.43. The fourth-order valence-electron chi connectivity index (χ4n) is 5.42. The first kappa shape index (κ1) is 23.8. The molecule has 3 rings (SSSR count). The summed E-state index contributed by atoms with van der Waals surface area (Å²) in [5, 5.41) is 0. The first-order valence-electron chi connectivity index (χ1n) is 9.72. The van der Waals surface area contributed by atoms with Crippen molar-refractivity contribution in [1.82, 2.24) is 4.90 Å². The van der Waals surface area contributed by atoms with Gasteiger partial charge in [0.2, 0.25) is 11.5 Å². The number of ether oxygens (including phenoxy) is 2. The molecule has 7 unspecified atom stereocenters. The molecule has 1 N–H and O–H groups in total. The van der Waals surface area contributed by atoms with Crippen LogP contribution in [-0.4, -0.2) is 71.4 Å². The maximum Gasteiger partial charge on any atom is 0.429 e. The number of amides is 1. The molecule has 31 heavy (non-hydrogen) atoms. The van der Waals surface area contributed by atoms with Crippen LogP contribution in [0.5, 0.6) is 0 Å². The van der Waals surface area contributed by atoms with Crippen LogP contribution in [-0.2, 0) is 34.0 Å². The van der Waals surface area contributed by atoms with E-state index in [0.717, 1.165) is 6.92 Å². The second kappa shape index (κ2) is 7.32. The van der Waals surface area contributed by atoms with Crippen LogP contribution in [0.1, 0.15) is 34.1 Å². The Bertz CT molecular complexity index is 904. The van der Waals surface area contributed by atoms with Gasteiger partial charge in [-0.15, -0.1) is 0 Å². The van der Waals surface area contributed by atoms with Crippen molar-refractivity contribution in [3.05, 3.63) is 0 Å². The van der Waals surface area contributed by atoms with Gasteiger partial charge in [0.1, 0.15) is 11.9 Å². The van der Waals surface area contributed by atoms with E-state index in [9.17, 15) is 36.0 Å². The van der Waals surface area contributed by atoms with Gasteiger partial charge >= 0.3 is 18.1 Å². The number of esters is 2. The van der Waals surface area contributed by atoms with Gasteiger partial charge in [0.05, 0.1) is 17.9 Å². The Hall–Kier alpha value is -1.89. The molecule has 2 aliphatic carbocycles. The molecule has 7 atom stereocenters. The Morgan fingerprint density at radius 3 is 2.29 bits per heavy atom. The normalized spacial score (nSPS) is 34.2. The third-order valence-corrected chi connectivity index (χ3v) is 7.34. The molecule has 0 spiro atoms. The van der Waals surface area contributed by atoms with Gasteiger partial charge in [-0.1, -0.05) is 0 Å². The summed E-state index contributed by atoms with van der Waals surface area (Å²) in [4.78, 5) is 39.1. The first-order chi connectivity index (χ1) is 14.0. The smallest absolute Gasteiger partial charge is 0.429 e. The van der Waals surface area contributed by atoms with Gasteiger partial charge in [-0.3, -0.25) is 18.9 Å². The molecule has 0 aromatic heterocycles. The number of fused-ring (bicyclic) bond motifs is 1. The van der Waals surface area contributed by atoms with Crippen LogP contribution in [0.2, 0.25) is 0 Å². The highest BCUT2D eigenvalue weighted by Crippen LogP contribution is 2.60. The summed E-state index contributed by atoms with van der Waals surface area (Å²) >= 11 is 0. The van der Waals surface area contributed by atoms with E-state index < -0.39 is 81.3 Å². The predicted molar refractivity (Wildman–Crippen MR) is 96.9 cm³/mol. The highest BCUT2D eigenvalue weighted by atomic mass is 32.2. The Morgan fingerprint density at radius 2 is 1.84 bits per heavy atom. The minimum absolute atomic E-state index is 0.281. The minimum Gasteiger partial charge on any atom is -0.460 e. The summed E-state index contributed by atoms with van der Waals surface area (Å²) in [7, 11) is -5.15. The van der Waals surface area contributed by atoms with Crippen molar-refractivity contribution in [3.8, 4) is 0 Å². The second-order valence-corrected chi connectivity index (χ2v) is 10.3. The van der Waals surface area contributed by atoms with E-state index in [1.807, 2.05) is 0 Å². The average molecular weight is 471 g/mol. The van der Waals surface area contributed by atoms with E-state index in [0.29, 0.717) is 6.92 Å². The number of hydrogen-bond donors (Lipinski definition) is 1. The molecule has 0 aromatic rings. The topological polar surface area (TPSA) is 127 Å². The molecular formula is C18H24F3NO8S. The number of rotatable bonds is 6. The first-order valence-corrected chi connectivity index (χ1v) is 11.3. The molecule has 0 aromatic carbocycles. The minimum atomic E-state index is -5.31. The van der Waals surface area contributed by atoms with Crippen LogP contribution < -0.4 is 0 Å². The fourth-order valence-corrected chi connectivity index (χ4v) is 6.34. The Labute approximate surface area is 177 Å². The number of carbonyl (C=O) groups is 3. The zero-order chi connectivity index (χ0) is 23.7. The molecule has 2 saturated carbocycles. The van der Waals surface area contributed by atoms with Gasteiger partial charge in [0.25, 0.3) is 10.1 Å². The molecule has 2 bridgehead atoms. The fraction of sp³-hybridized carbons (Fsp3) is 0.833. The molecule has 1 saturated heterocycles. The SMILES string of the molecule is CC(=O)OC1C2CC3C(C(=O)N(C(C)C)C31)C2C(=O)OC(C)(CS(=O)(=O)O)C(F)(F)F. The lowest BCUT2D eigenvalue weighted by atomic mass is 9.78. The van der Waals surface area contributed by atoms with E-state index in [4.69, 9.17) is 9.29 Å². The van der Waals surface area contributed by atoms with Crippen molar-refractivity contribution in [1.29, 1.82) is 0 Å². The van der Waals surface area contributed by atoms with E-state index in [-0.39, 0.29) is 12.5 Å². The van der Waals surface area contributed by atoms with Crippen LogP contribution in [0.4, 0.5) is 13.2 Å². The number of halogens is 3. The van der Waals surface area contributed by atoms with Gasteiger partial charge in [0.15, 0.2) is 0 Å². The monoisotopic (exact) mass is 471 g/mol. The van der Waals surface area contributed by atoms with Crippen LogP contribution in [0.15, 0.2) is 0 Å². The Kier molecular flexibility index (Phi) is 5.62. The van der Waals surface area contributed by atoms with E-state index in [1.54, 1.807) is 13.8 Å². The summed E-state index contributed by atoms with van der Waals surface area (Å²) in [6, 6.07) is -0.779. The van der Waals surface area contributed by atoms with Gasteiger partial charge in [-0.05, 0) is 33.1 Å². The summed E-state index contributed by atoms with van der Waals surface area (Å²) < 4.78 is 81.9. The summed E-state index contributed by atoms with van der Waals surface area (Å²) in [5.74, 6) is -7.81. The van der Waals surface area contributed by atoms with Crippen LogP contribution in [0.25, 0.3) is 0 Å². The second-order valence-electron chi connectivity index (χ2n) is 8.89. The quantitative estimate of drug-likeness (QED) is 0.452. The lowest BCUT2D eigenvalue weighted by Crippen LogP contribution is -2.54. The van der Waals surface area contributed by atoms with Crippen LogP contribution in [0.3, 0.4) is 0 Å². The van der Waals surface area contributed by atoms with E-state index >= 15 is 0 Å². The number of nitrogens with zero attached hydrogens (tertiary/aromatic N) is 1. The Morgan fingerprint density at radius 1 is 1.26 bits per heavy atom. The lowest BCUT2D eigenvalue weighted by molar-refractivity contribution is -0.259. The largest absolute Gasteiger partial charge is 0.460 e. The van der Waals surface area contributed by atoms with Crippen molar-refractivity contribution in [2.24, 2.45) is 23.7 Å². The van der Waals surface area contributed by atoms with Gasteiger partial charge in [0, 0.05) is 18.9 Å². The van der Waals surface area contributed by atoms with Crippen molar-refractivity contribution in [2.75, 3.05) is 5.75 Å². The number of carbonyl (C=O) groups excluding carboxylic acids is 3. The Balaban J connectivity index is 1.96. The van der Waals surface area contributed by atoms with E-state index in [2.05, 4.69) is 4.74 Å². The number of hydrogen-bond acceptors (Lipinski definition) is 7. The maximum absolute atomic E-state index is 13.6. The van der Waals surface area contributed by atoms with E-state index in [1.165, 1.54) is 4.90 Å². The molecular weight excluding hydrogens is 447 g/mol. The maximum atomic E-state index is 13.6.